The van der Waals surface area contributed by atoms with Gasteiger partial charge in [-0.25, -0.2) is 0 Å². The second-order valence-electron chi connectivity index (χ2n) is 5.29. The molecule has 0 saturated heterocycles. The summed E-state index contributed by atoms with van der Waals surface area (Å²) in [5, 5.41) is -0.885. The van der Waals surface area contributed by atoms with Crippen LogP contribution in [0.4, 0.5) is 0 Å². The topological polar surface area (TPSA) is 115 Å². The molecule has 138 valence electrons. The first-order valence-corrected chi connectivity index (χ1v) is 12.3. The van der Waals surface area contributed by atoms with Crippen LogP contribution in [-0.4, -0.2) is 30.7 Å². The lowest BCUT2D eigenvalue weighted by Gasteiger charge is -2.19. The molecule has 1 aromatic rings. The predicted molar refractivity (Wildman–Crippen MR) is 98.1 cm³/mol. The maximum atomic E-state index is 11.1. The van der Waals surface area contributed by atoms with Crippen LogP contribution in [0.5, 0.6) is 0 Å². The molecule has 0 aromatic heterocycles. The summed E-state index contributed by atoms with van der Waals surface area (Å²) in [6.45, 7) is 0. The van der Waals surface area contributed by atoms with Gasteiger partial charge in [-0.2, -0.15) is 0 Å². The molecule has 0 aliphatic rings. The van der Waals surface area contributed by atoms with Crippen molar-refractivity contribution in [2.45, 2.75) is 42.4 Å². The first-order valence-electron chi connectivity index (χ1n) is 7.20. The first kappa shape index (κ1) is 22.5. The monoisotopic (exact) mass is 436 g/mol. The van der Waals surface area contributed by atoms with E-state index in [1.807, 2.05) is 6.07 Å². The van der Waals surface area contributed by atoms with E-state index in [-0.39, 0.29) is 6.42 Å². The third-order valence-corrected chi connectivity index (χ3v) is 8.99. The molecule has 0 heterocycles. The largest absolute Gasteiger partial charge is 0.340 e. The lowest BCUT2D eigenvalue weighted by molar-refractivity contribution is 0.333. The van der Waals surface area contributed by atoms with E-state index in [0.29, 0.717) is 22.9 Å². The zero-order valence-corrected chi connectivity index (χ0v) is 16.8. The Hall–Kier alpha value is 0.450. The molecule has 1 rings (SSSR count). The highest BCUT2D eigenvalue weighted by molar-refractivity contribution is 7.99. The Balaban J connectivity index is 2.25. The van der Waals surface area contributed by atoms with Crippen molar-refractivity contribution < 1.29 is 28.7 Å². The van der Waals surface area contributed by atoms with E-state index in [4.69, 9.17) is 42.8 Å². The summed E-state index contributed by atoms with van der Waals surface area (Å²) in [5.41, 5.74) is 0. The van der Waals surface area contributed by atoms with Gasteiger partial charge >= 0.3 is 15.2 Å². The van der Waals surface area contributed by atoms with Crippen molar-refractivity contribution in [1.29, 1.82) is 0 Å². The maximum absolute atomic E-state index is 11.1. The number of unbranched alkanes of at least 4 members (excludes halogenated alkanes) is 3. The highest BCUT2D eigenvalue weighted by Gasteiger charge is 2.42. The van der Waals surface area contributed by atoms with E-state index in [1.54, 1.807) is 23.9 Å². The minimum Gasteiger partial charge on any atom is -0.324 e. The third-order valence-electron chi connectivity index (χ3n) is 3.29. The number of benzene rings is 1. The van der Waals surface area contributed by atoms with Crippen molar-refractivity contribution in [2.24, 2.45) is 0 Å². The standard InChI is InChI=1S/C13H20Cl2O6P2S/c14-11-7-6-10(9-12(11)15)24-8-4-2-1-3-5-13(22(16,17)18)23(19,20)21/h6-7,9,13H,1-5,8H2,(H2,16,17,18)(H2,19,20,21). The quantitative estimate of drug-likeness (QED) is 0.238. The summed E-state index contributed by atoms with van der Waals surface area (Å²) >= 11 is 13.4. The van der Waals surface area contributed by atoms with Gasteiger partial charge in [0, 0.05) is 4.90 Å². The van der Waals surface area contributed by atoms with Crippen molar-refractivity contribution in [3.63, 3.8) is 0 Å². The molecule has 11 heteroatoms. The minimum atomic E-state index is -4.80. The van der Waals surface area contributed by atoms with Crippen molar-refractivity contribution in [1.82, 2.24) is 0 Å². The lowest BCUT2D eigenvalue weighted by Crippen LogP contribution is -2.09. The van der Waals surface area contributed by atoms with Gasteiger partial charge in [0.15, 0.2) is 5.40 Å². The maximum Gasteiger partial charge on any atom is 0.340 e. The summed E-state index contributed by atoms with van der Waals surface area (Å²) in [5.74, 6) is 0.846. The molecule has 0 aliphatic carbocycles. The molecule has 0 saturated carbocycles. The normalized spacial score (nSPS) is 12.8. The van der Waals surface area contributed by atoms with Crippen LogP contribution in [0.25, 0.3) is 0 Å². The van der Waals surface area contributed by atoms with Crippen molar-refractivity contribution in [3.05, 3.63) is 28.2 Å². The molecule has 6 nitrogen and oxygen atoms in total. The van der Waals surface area contributed by atoms with Crippen LogP contribution in [0.1, 0.15) is 32.1 Å². The van der Waals surface area contributed by atoms with Crippen molar-refractivity contribution >= 4 is 50.2 Å². The third kappa shape index (κ3) is 8.22. The molecule has 0 aliphatic heterocycles. The average Bonchev–Trinajstić information content (AvgIpc) is 2.42. The van der Waals surface area contributed by atoms with Gasteiger partial charge in [0.1, 0.15) is 0 Å². The Morgan fingerprint density at radius 2 is 1.50 bits per heavy atom. The van der Waals surface area contributed by atoms with Crippen LogP contribution >= 0.6 is 50.2 Å². The SMILES string of the molecule is O=P(O)(O)C(CCCCCCSc1ccc(Cl)c(Cl)c1)P(=O)(O)O. The molecule has 0 fully saturated rings. The molecule has 0 spiro atoms. The summed E-state index contributed by atoms with van der Waals surface area (Å²) < 4.78 is 22.3. The van der Waals surface area contributed by atoms with Gasteiger partial charge in [-0.3, -0.25) is 9.13 Å². The fourth-order valence-corrected chi connectivity index (χ4v) is 5.99. The molecule has 0 unspecified atom stereocenters. The van der Waals surface area contributed by atoms with E-state index in [2.05, 4.69) is 0 Å². The average molecular weight is 437 g/mol. The highest BCUT2D eigenvalue weighted by Crippen LogP contribution is 2.61. The highest BCUT2D eigenvalue weighted by atomic mass is 35.5. The van der Waals surface area contributed by atoms with Gasteiger partial charge in [-0.1, -0.05) is 42.5 Å². The van der Waals surface area contributed by atoms with Gasteiger partial charge in [0.2, 0.25) is 0 Å². The summed E-state index contributed by atoms with van der Waals surface area (Å²) in [6, 6.07) is 5.40. The zero-order valence-electron chi connectivity index (χ0n) is 12.7. The van der Waals surface area contributed by atoms with Crippen LogP contribution in [0, 0.1) is 0 Å². The molecule has 24 heavy (non-hydrogen) atoms. The molecule has 0 atom stereocenters. The lowest BCUT2D eigenvalue weighted by atomic mass is 10.2. The molecule has 4 N–H and O–H groups in total. The van der Waals surface area contributed by atoms with Crippen LogP contribution in [-0.2, 0) is 9.13 Å². The van der Waals surface area contributed by atoms with Crippen molar-refractivity contribution in [3.8, 4) is 0 Å². The molecule has 0 radical (unpaired) electrons. The Kier molecular flexibility index (Phi) is 9.33. The van der Waals surface area contributed by atoms with E-state index >= 15 is 0 Å². The number of halogens is 2. The van der Waals surface area contributed by atoms with Crippen LogP contribution < -0.4 is 0 Å². The van der Waals surface area contributed by atoms with Gasteiger partial charge in [0.25, 0.3) is 0 Å². The van der Waals surface area contributed by atoms with Crippen molar-refractivity contribution in [2.75, 3.05) is 5.75 Å². The second-order valence-corrected chi connectivity index (χ2v) is 11.3. The summed E-state index contributed by atoms with van der Waals surface area (Å²) in [6.07, 6.45) is 2.51. The number of hydrogen-bond donors (Lipinski definition) is 4. The van der Waals surface area contributed by atoms with E-state index in [1.165, 1.54) is 0 Å². The Labute approximate surface area is 155 Å². The Bertz CT molecular complexity index is 611. The van der Waals surface area contributed by atoms with Gasteiger partial charge in [-0.05, 0) is 36.8 Å². The fraction of sp³-hybridized carbons (Fsp3) is 0.538. The molecular weight excluding hydrogens is 417 g/mol. The predicted octanol–water partition coefficient (Wildman–Crippen LogP) is 4.72. The second kappa shape index (κ2) is 9.96. The van der Waals surface area contributed by atoms with E-state index in [9.17, 15) is 9.13 Å². The van der Waals surface area contributed by atoms with E-state index in [0.717, 1.165) is 23.5 Å². The minimum absolute atomic E-state index is 0.186. The smallest absolute Gasteiger partial charge is 0.324 e. The number of hydrogen-bond acceptors (Lipinski definition) is 3. The van der Waals surface area contributed by atoms with Crippen LogP contribution in [0.2, 0.25) is 10.0 Å². The van der Waals surface area contributed by atoms with Crippen LogP contribution in [0.15, 0.2) is 23.1 Å². The number of rotatable bonds is 10. The molecular formula is C13H20Cl2O6P2S. The molecule has 0 bridgehead atoms. The first-order chi connectivity index (χ1) is 11.0. The number of thioether (sulfide) groups is 1. The zero-order chi connectivity index (χ0) is 18.4. The summed E-state index contributed by atoms with van der Waals surface area (Å²) in [4.78, 5) is 37.1. The van der Waals surface area contributed by atoms with Crippen LogP contribution in [0.3, 0.4) is 0 Å². The molecule has 0 amide bonds. The van der Waals surface area contributed by atoms with Gasteiger partial charge in [0.05, 0.1) is 10.0 Å². The van der Waals surface area contributed by atoms with Gasteiger partial charge in [-0.15, -0.1) is 11.8 Å². The Morgan fingerprint density at radius 1 is 0.917 bits per heavy atom. The van der Waals surface area contributed by atoms with E-state index < -0.39 is 20.6 Å². The molecule has 1 aromatic carbocycles. The summed E-state index contributed by atoms with van der Waals surface area (Å²) in [7, 11) is -9.60. The fourth-order valence-electron chi connectivity index (χ4n) is 2.07. The Morgan fingerprint density at radius 3 is 2.04 bits per heavy atom. The van der Waals surface area contributed by atoms with Gasteiger partial charge < -0.3 is 19.6 Å².